The Balaban J connectivity index is 1.50. The second-order valence-electron chi connectivity index (χ2n) is 9.12. The first-order chi connectivity index (χ1) is 13.2. The molecule has 150 valence electrons. The van der Waals surface area contributed by atoms with Gasteiger partial charge in [-0.15, -0.1) is 0 Å². The Hall–Kier alpha value is -2.24. The third-order valence-electron chi connectivity index (χ3n) is 6.72. The van der Waals surface area contributed by atoms with Crippen molar-refractivity contribution in [1.29, 1.82) is 0 Å². The van der Waals surface area contributed by atoms with Crippen LogP contribution in [0.2, 0.25) is 0 Å². The number of benzene rings is 1. The van der Waals surface area contributed by atoms with Crippen molar-refractivity contribution in [3.63, 3.8) is 0 Å². The Bertz CT molecular complexity index is 804. The molecular weight excluding hydrogens is 361 g/mol. The highest BCUT2D eigenvalue weighted by molar-refractivity contribution is 6.00. The van der Waals surface area contributed by atoms with Gasteiger partial charge in [-0.2, -0.15) is 0 Å². The zero-order valence-electron chi connectivity index (χ0n) is 16.3. The summed E-state index contributed by atoms with van der Waals surface area (Å²) in [6, 6.07) is 5.24. The van der Waals surface area contributed by atoms with Gasteiger partial charge in [0.25, 0.3) is 0 Å². The summed E-state index contributed by atoms with van der Waals surface area (Å²) in [7, 11) is 0. The van der Waals surface area contributed by atoms with E-state index < -0.39 is 17.3 Å². The predicted molar refractivity (Wildman–Crippen MR) is 99.9 cm³/mol. The summed E-state index contributed by atoms with van der Waals surface area (Å²) in [4.78, 5) is 37.5. The van der Waals surface area contributed by atoms with E-state index in [1.807, 2.05) is 0 Å². The summed E-state index contributed by atoms with van der Waals surface area (Å²) < 4.78 is 18.7. The quantitative estimate of drug-likeness (QED) is 0.621. The molecule has 3 atom stereocenters. The lowest BCUT2D eigenvalue weighted by molar-refractivity contribution is -0.178. The fraction of sp³-hybridized carbons (Fsp3) is 0.591. The smallest absolute Gasteiger partial charge is 0.312 e. The highest BCUT2D eigenvalue weighted by Gasteiger charge is 2.61. The number of Topliss-reactive ketones (excluding diaryl/α,β-unsaturated/α-hetero) is 1. The van der Waals surface area contributed by atoms with Crippen LogP contribution in [0, 0.1) is 23.1 Å². The fourth-order valence-electron chi connectivity index (χ4n) is 6.21. The van der Waals surface area contributed by atoms with Gasteiger partial charge >= 0.3 is 5.97 Å². The van der Waals surface area contributed by atoms with Gasteiger partial charge in [0, 0.05) is 18.0 Å². The van der Waals surface area contributed by atoms with Crippen molar-refractivity contribution in [2.45, 2.75) is 64.0 Å². The summed E-state index contributed by atoms with van der Waals surface area (Å²) in [5, 5.41) is 3.13. The summed E-state index contributed by atoms with van der Waals surface area (Å²) in [5.41, 5.74) is -0.620. The number of carbonyl (C=O) groups excluding carboxylic acids is 3. The minimum atomic E-state index is -0.928. The molecular formula is C22H26FNO4. The van der Waals surface area contributed by atoms with E-state index in [2.05, 4.69) is 5.32 Å². The molecule has 0 aliphatic heterocycles. The van der Waals surface area contributed by atoms with Gasteiger partial charge in [-0.05, 0) is 81.5 Å². The van der Waals surface area contributed by atoms with Crippen LogP contribution in [0.4, 0.5) is 4.39 Å². The molecule has 1 N–H and O–H groups in total. The van der Waals surface area contributed by atoms with Crippen LogP contribution in [0.1, 0.15) is 62.7 Å². The number of nitrogens with one attached hydrogen (secondary N) is 1. The average Bonchev–Trinajstić information content (AvgIpc) is 2.59. The average molecular weight is 387 g/mol. The summed E-state index contributed by atoms with van der Waals surface area (Å²) in [6.07, 6.45) is 4.12. The van der Waals surface area contributed by atoms with Gasteiger partial charge in [0.2, 0.25) is 11.7 Å². The lowest BCUT2D eigenvalue weighted by Gasteiger charge is -2.60. The Morgan fingerprint density at radius 3 is 2.29 bits per heavy atom. The van der Waals surface area contributed by atoms with Gasteiger partial charge in [-0.25, -0.2) is 4.39 Å². The molecule has 28 heavy (non-hydrogen) atoms. The molecule has 0 aromatic heterocycles. The first-order valence-corrected chi connectivity index (χ1v) is 10.00. The first kappa shape index (κ1) is 19.1. The van der Waals surface area contributed by atoms with Gasteiger partial charge in [-0.3, -0.25) is 14.4 Å². The molecule has 4 aliphatic carbocycles. The second kappa shape index (κ2) is 6.68. The number of hydrogen-bond acceptors (Lipinski definition) is 4. The summed E-state index contributed by atoms with van der Waals surface area (Å²) >= 11 is 0. The van der Waals surface area contributed by atoms with E-state index in [0.29, 0.717) is 23.8 Å². The minimum Gasteiger partial charge on any atom is -0.454 e. The molecule has 0 radical (unpaired) electrons. The van der Waals surface area contributed by atoms with E-state index in [-0.39, 0.29) is 23.2 Å². The van der Waals surface area contributed by atoms with E-state index in [9.17, 15) is 18.8 Å². The number of halogens is 1. The number of carbonyl (C=O) groups is 3. The van der Waals surface area contributed by atoms with E-state index >= 15 is 0 Å². The summed E-state index contributed by atoms with van der Waals surface area (Å²) in [5.74, 6) is -0.343. The largest absolute Gasteiger partial charge is 0.454 e. The van der Waals surface area contributed by atoms with Crippen LogP contribution in [0.3, 0.4) is 0 Å². The minimum absolute atomic E-state index is 0.0645. The molecule has 4 aliphatic rings. The molecule has 4 saturated carbocycles. The molecule has 4 fully saturated rings. The molecule has 3 unspecified atom stereocenters. The van der Waals surface area contributed by atoms with Crippen molar-refractivity contribution in [2.24, 2.45) is 17.3 Å². The van der Waals surface area contributed by atoms with Crippen LogP contribution in [0.5, 0.6) is 0 Å². The van der Waals surface area contributed by atoms with E-state index in [4.69, 9.17) is 4.74 Å². The molecule has 1 amide bonds. The monoisotopic (exact) mass is 387 g/mol. The normalized spacial score (nSPS) is 34.0. The number of amides is 1. The highest BCUT2D eigenvalue weighted by Crippen LogP contribution is 2.62. The van der Waals surface area contributed by atoms with Crippen LogP contribution in [-0.4, -0.2) is 29.3 Å². The van der Waals surface area contributed by atoms with Crippen LogP contribution >= 0.6 is 0 Å². The van der Waals surface area contributed by atoms with Crippen LogP contribution in [0.25, 0.3) is 0 Å². The van der Waals surface area contributed by atoms with Gasteiger partial charge in [0.1, 0.15) is 5.82 Å². The molecule has 5 rings (SSSR count). The lowest BCUT2D eigenvalue weighted by Crippen LogP contribution is -2.64. The third-order valence-corrected chi connectivity index (χ3v) is 6.72. The molecule has 0 saturated heterocycles. The van der Waals surface area contributed by atoms with E-state index in [1.54, 1.807) is 6.92 Å². The SMILES string of the molecule is CC(=O)NC12CC3CC(C1)CC(C(=O)OC(C)C(=O)c1ccc(F)cc1)(C3)C2. The Morgan fingerprint density at radius 2 is 1.71 bits per heavy atom. The zero-order chi connectivity index (χ0) is 20.1. The van der Waals surface area contributed by atoms with Crippen molar-refractivity contribution >= 4 is 17.7 Å². The van der Waals surface area contributed by atoms with Crippen molar-refractivity contribution < 1.29 is 23.5 Å². The van der Waals surface area contributed by atoms with E-state index in [0.717, 1.165) is 32.1 Å². The first-order valence-electron chi connectivity index (χ1n) is 10.00. The van der Waals surface area contributed by atoms with Crippen LogP contribution < -0.4 is 5.32 Å². The number of ketones is 1. The molecule has 0 heterocycles. The maximum atomic E-state index is 13.2. The van der Waals surface area contributed by atoms with Crippen molar-refractivity contribution in [3.05, 3.63) is 35.6 Å². The van der Waals surface area contributed by atoms with Gasteiger partial charge in [0.05, 0.1) is 5.41 Å². The maximum absolute atomic E-state index is 13.2. The van der Waals surface area contributed by atoms with Gasteiger partial charge in [-0.1, -0.05) is 0 Å². The number of ether oxygens (including phenoxy) is 1. The number of esters is 1. The van der Waals surface area contributed by atoms with Crippen LogP contribution in [0.15, 0.2) is 24.3 Å². The fourth-order valence-corrected chi connectivity index (χ4v) is 6.21. The van der Waals surface area contributed by atoms with Crippen molar-refractivity contribution in [3.8, 4) is 0 Å². The predicted octanol–water partition coefficient (Wildman–Crippen LogP) is 3.42. The third kappa shape index (κ3) is 3.33. The van der Waals surface area contributed by atoms with Crippen molar-refractivity contribution in [2.75, 3.05) is 0 Å². The second-order valence-corrected chi connectivity index (χ2v) is 9.12. The van der Waals surface area contributed by atoms with Gasteiger partial charge < -0.3 is 10.1 Å². The topological polar surface area (TPSA) is 72.5 Å². The van der Waals surface area contributed by atoms with Gasteiger partial charge in [0.15, 0.2) is 6.10 Å². The highest BCUT2D eigenvalue weighted by atomic mass is 19.1. The molecule has 1 aromatic rings. The Labute approximate surface area is 164 Å². The number of hydrogen-bond donors (Lipinski definition) is 1. The molecule has 5 nitrogen and oxygen atoms in total. The zero-order valence-corrected chi connectivity index (χ0v) is 16.3. The molecule has 6 heteroatoms. The Morgan fingerprint density at radius 1 is 1.11 bits per heavy atom. The standard InChI is InChI=1S/C22H26FNO4/c1-13(19(26)17-3-5-18(23)6-4-17)28-20(27)21-8-15-7-16(9-21)11-22(10-15,12-21)24-14(2)25/h3-6,13,15-16H,7-12H2,1-2H3,(H,24,25). The molecule has 4 bridgehead atoms. The molecule has 0 spiro atoms. The lowest BCUT2D eigenvalue weighted by atomic mass is 9.47. The van der Waals surface area contributed by atoms with Crippen LogP contribution in [-0.2, 0) is 14.3 Å². The molecule has 1 aromatic carbocycles. The van der Waals surface area contributed by atoms with E-state index in [1.165, 1.54) is 31.2 Å². The summed E-state index contributed by atoms with van der Waals surface area (Å²) in [6.45, 7) is 3.08. The van der Waals surface area contributed by atoms with Crippen molar-refractivity contribution in [1.82, 2.24) is 5.32 Å². The maximum Gasteiger partial charge on any atom is 0.312 e. The number of rotatable bonds is 5. The Kier molecular flexibility index (Phi) is 4.55.